The lowest BCUT2D eigenvalue weighted by Gasteiger charge is -2.35. The molecule has 0 radical (unpaired) electrons. The Labute approximate surface area is 360 Å². The average Bonchev–Trinajstić information content (AvgIpc) is 3.86. The first-order valence-electron chi connectivity index (χ1n) is 21.0. The average molecular weight is 794 g/mol. The van der Waals surface area contributed by atoms with Crippen LogP contribution in [0.5, 0.6) is 0 Å². The Morgan fingerprint density at radius 1 is 0.328 bits per heavy atom. The number of hydrogen-bond donors (Lipinski definition) is 0. The third-order valence-corrected chi connectivity index (χ3v) is 13.9. The highest BCUT2D eigenvalue weighted by Crippen LogP contribution is 2.57. The predicted molar refractivity (Wildman–Crippen MR) is 260 cm³/mol. The summed E-state index contributed by atoms with van der Waals surface area (Å²) in [6.07, 6.45) is 0. The van der Waals surface area contributed by atoms with E-state index in [0.29, 0.717) is 0 Å². The normalized spacial score (nSPS) is 12.7. The van der Waals surface area contributed by atoms with Crippen molar-refractivity contribution in [1.29, 1.82) is 0 Å². The molecular formula is C59H39NS. The minimum Gasteiger partial charge on any atom is -0.310 e. The third kappa shape index (κ3) is 5.53. The molecule has 1 aliphatic carbocycles. The highest BCUT2D eigenvalue weighted by Gasteiger charge is 2.46. The molecule has 286 valence electrons. The lowest BCUT2D eigenvalue weighted by molar-refractivity contribution is 0.768. The van der Waals surface area contributed by atoms with Crippen molar-refractivity contribution in [2.45, 2.75) is 5.41 Å². The van der Waals surface area contributed by atoms with Gasteiger partial charge in [0.05, 0.1) is 11.1 Å². The Balaban J connectivity index is 1.12. The smallest absolute Gasteiger partial charge is 0.0714 e. The maximum absolute atomic E-state index is 2.49. The van der Waals surface area contributed by atoms with Gasteiger partial charge in [-0.3, -0.25) is 0 Å². The molecule has 1 heterocycles. The lowest BCUT2D eigenvalue weighted by atomic mass is 9.67. The van der Waals surface area contributed by atoms with Crippen molar-refractivity contribution in [3.05, 3.63) is 259 Å². The van der Waals surface area contributed by atoms with Gasteiger partial charge in [-0.15, -0.1) is 11.3 Å². The summed E-state index contributed by atoms with van der Waals surface area (Å²) in [4.78, 5) is 2.49. The summed E-state index contributed by atoms with van der Waals surface area (Å²) < 4.78 is 2.59. The summed E-state index contributed by atoms with van der Waals surface area (Å²) >= 11 is 1.90. The lowest BCUT2D eigenvalue weighted by Crippen LogP contribution is -2.28. The molecule has 0 spiro atoms. The summed E-state index contributed by atoms with van der Waals surface area (Å²) in [7, 11) is 0. The molecule has 0 fully saturated rings. The van der Waals surface area contributed by atoms with Crippen molar-refractivity contribution in [2.75, 3.05) is 4.90 Å². The second kappa shape index (κ2) is 14.3. The van der Waals surface area contributed by atoms with E-state index in [0.717, 1.165) is 17.1 Å². The molecule has 0 saturated heterocycles. The minimum atomic E-state index is -0.512. The molecule has 0 unspecified atom stereocenters. The molecule has 0 amide bonds. The van der Waals surface area contributed by atoms with Gasteiger partial charge in [0.25, 0.3) is 0 Å². The standard InChI is InChI=1S/C59H39NS/c1-5-19-40(20-6-1)46-27-16-18-32-56(46)60(45-34-36-50-53-39-52(41-21-7-2-8-22-41)47-28-13-14-30-51(47)58(53)61-57(50)38-45)44-33-35-49-48-29-15-17-31-54(48)59(55(49)37-44,42-23-9-3-10-24-42)43-25-11-4-12-26-43/h1-39H. The van der Waals surface area contributed by atoms with Crippen LogP contribution in [0.3, 0.4) is 0 Å². The van der Waals surface area contributed by atoms with Gasteiger partial charge in [0, 0.05) is 42.5 Å². The number of hydrogen-bond acceptors (Lipinski definition) is 2. The van der Waals surface area contributed by atoms with E-state index in [4.69, 9.17) is 0 Å². The first kappa shape index (κ1) is 35.4. The number of nitrogens with zero attached hydrogens (tertiary/aromatic N) is 1. The van der Waals surface area contributed by atoms with Crippen molar-refractivity contribution in [3.63, 3.8) is 0 Å². The van der Waals surface area contributed by atoms with Crippen molar-refractivity contribution in [3.8, 4) is 33.4 Å². The zero-order valence-electron chi connectivity index (χ0n) is 33.4. The number of anilines is 3. The summed E-state index contributed by atoms with van der Waals surface area (Å²) in [6.45, 7) is 0. The molecule has 61 heavy (non-hydrogen) atoms. The van der Waals surface area contributed by atoms with Crippen LogP contribution in [-0.2, 0) is 5.41 Å². The number of benzene rings is 10. The van der Waals surface area contributed by atoms with Crippen molar-refractivity contribution in [1.82, 2.24) is 0 Å². The Kier molecular flexibility index (Phi) is 8.33. The highest BCUT2D eigenvalue weighted by atomic mass is 32.1. The van der Waals surface area contributed by atoms with E-state index < -0.39 is 5.41 Å². The first-order chi connectivity index (χ1) is 30.3. The topological polar surface area (TPSA) is 3.24 Å². The molecule has 0 N–H and O–H groups in total. The fraction of sp³-hybridized carbons (Fsp3) is 0.0169. The number of para-hydroxylation sites is 1. The van der Waals surface area contributed by atoms with Gasteiger partial charge in [-0.2, -0.15) is 0 Å². The maximum atomic E-state index is 2.49. The molecular weight excluding hydrogens is 755 g/mol. The molecule has 12 rings (SSSR count). The predicted octanol–water partition coefficient (Wildman–Crippen LogP) is 16.4. The van der Waals surface area contributed by atoms with Gasteiger partial charge < -0.3 is 4.90 Å². The summed E-state index contributed by atoms with van der Waals surface area (Å²) in [5.74, 6) is 0. The van der Waals surface area contributed by atoms with Crippen LogP contribution in [0.25, 0.3) is 64.3 Å². The van der Waals surface area contributed by atoms with Crippen LogP contribution in [0.2, 0.25) is 0 Å². The molecule has 11 aromatic rings. The SMILES string of the molecule is c1ccc(-c2ccccc2N(c2ccc3c(c2)C(c2ccccc2)(c2ccccc2)c2ccccc2-3)c2ccc3c(c2)sc2c4ccccc4c(-c4ccccc4)cc32)cc1. The molecule has 0 aliphatic heterocycles. The highest BCUT2D eigenvalue weighted by molar-refractivity contribution is 7.26. The van der Waals surface area contributed by atoms with Crippen molar-refractivity contribution < 1.29 is 0 Å². The van der Waals surface area contributed by atoms with Gasteiger partial charge in [-0.05, 0) is 91.9 Å². The molecule has 2 heteroatoms. The first-order valence-corrected chi connectivity index (χ1v) is 21.8. The van der Waals surface area contributed by atoms with E-state index in [9.17, 15) is 0 Å². The zero-order valence-corrected chi connectivity index (χ0v) is 34.2. The number of rotatable bonds is 7. The second-order valence-electron chi connectivity index (χ2n) is 16.0. The number of thiophene rings is 1. The fourth-order valence-electron chi connectivity index (χ4n) is 10.1. The second-order valence-corrected chi connectivity index (χ2v) is 17.0. The van der Waals surface area contributed by atoms with Gasteiger partial charge in [0.15, 0.2) is 0 Å². The Bertz CT molecular complexity index is 3370. The maximum Gasteiger partial charge on any atom is 0.0714 e. The monoisotopic (exact) mass is 793 g/mol. The largest absolute Gasteiger partial charge is 0.310 e. The van der Waals surface area contributed by atoms with Crippen LogP contribution in [0, 0.1) is 0 Å². The summed E-state index contributed by atoms with van der Waals surface area (Å²) in [5, 5.41) is 5.15. The Morgan fingerprint density at radius 2 is 0.852 bits per heavy atom. The van der Waals surface area contributed by atoms with Gasteiger partial charge in [0.1, 0.15) is 0 Å². The quantitative estimate of drug-likeness (QED) is 0.155. The van der Waals surface area contributed by atoms with E-state index in [1.807, 2.05) is 11.3 Å². The van der Waals surface area contributed by atoms with Gasteiger partial charge in [-0.1, -0.05) is 200 Å². The number of fused-ring (bicyclic) bond motifs is 8. The summed E-state index contributed by atoms with van der Waals surface area (Å²) in [6, 6.07) is 87.2. The molecule has 1 aromatic heterocycles. The molecule has 0 saturated carbocycles. The molecule has 10 aromatic carbocycles. The zero-order chi connectivity index (χ0) is 40.3. The van der Waals surface area contributed by atoms with Crippen LogP contribution < -0.4 is 4.90 Å². The van der Waals surface area contributed by atoms with Crippen molar-refractivity contribution in [2.24, 2.45) is 0 Å². The Morgan fingerprint density at radius 3 is 1.56 bits per heavy atom. The Hall–Kier alpha value is -7.52. The fourth-order valence-corrected chi connectivity index (χ4v) is 11.4. The van der Waals surface area contributed by atoms with Crippen molar-refractivity contribution >= 4 is 59.3 Å². The summed E-state index contributed by atoms with van der Waals surface area (Å²) in [5.41, 5.74) is 15.4. The van der Waals surface area contributed by atoms with Crippen LogP contribution in [-0.4, -0.2) is 0 Å². The molecule has 1 nitrogen and oxygen atoms in total. The molecule has 0 atom stereocenters. The van der Waals surface area contributed by atoms with E-state index >= 15 is 0 Å². The van der Waals surface area contributed by atoms with E-state index in [-0.39, 0.29) is 0 Å². The van der Waals surface area contributed by atoms with Gasteiger partial charge in [-0.25, -0.2) is 0 Å². The van der Waals surface area contributed by atoms with E-state index in [1.165, 1.54) is 86.6 Å². The molecule has 0 bridgehead atoms. The van der Waals surface area contributed by atoms with Gasteiger partial charge >= 0.3 is 0 Å². The van der Waals surface area contributed by atoms with E-state index in [1.54, 1.807) is 0 Å². The third-order valence-electron chi connectivity index (χ3n) is 12.7. The van der Waals surface area contributed by atoms with E-state index in [2.05, 4.69) is 241 Å². The van der Waals surface area contributed by atoms with Crippen LogP contribution in [0.4, 0.5) is 17.1 Å². The van der Waals surface area contributed by atoms with Gasteiger partial charge in [0.2, 0.25) is 0 Å². The molecule has 1 aliphatic rings. The minimum absolute atomic E-state index is 0.512. The van der Waals surface area contributed by atoms with Crippen LogP contribution in [0.1, 0.15) is 22.3 Å². The van der Waals surface area contributed by atoms with Crippen LogP contribution in [0.15, 0.2) is 237 Å². The van der Waals surface area contributed by atoms with Crippen LogP contribution >= 0.6 is 11.3 Å².